The van der Waals surface area contributed by atoms with Crippen molar-refractivity contribution in [2.75, 3.05) is 45.4 Å². The fraction of sp³-hybridized carbons (Fsp3) is 0.259. The van der Waals surface area contributed by atoms with Crippen molar-refractivity contribution >= 4 is 28.4 Å². The zero-order valence-electron chi connectivity index (χ0n) is 21.5. The van der Waals surface area contributed by atoms with Gasteiger partial charge in [0.2, 0.25) is 5.91 Å². The van der Waals surface area contributed by atoms with Crippen molar-refractivity contribution in [2.45, 2.75) is 13.8 Å². The number of anilines is 2. The van der Waals surface area contributed by atoms with Crippen molar-refractivity contribution in [3.05, 3.63) is 66.0 Å². The number of amides is 1. The first kappa shape index (κ1) is 24.9. The maximum Gasteiger partial charge on any atom is 0.250 e. The number of likely N-dealkylation sites (N-methyl/N-ethyl adjacent to an activating group) is 2. The number of benzene rings is 2. The molecule has 0 fully saturated rings. The summed E-state index contributed by atoms with van der Waals surface area (Å²) in [6.07, 6.45) is 4.86. The molecule has 0 bridgehead atoms. The van der Waals surface area contributed by atoms with E-state index in [0.29, 0.717) is 29.1 Å². The van der Waals surface area contributed by atoms with Gasteiger partial charge >= 0.3 is 0 Å². The van der Waals surface area contributed by atoms with Gasteiger partial charge in [0.05, 0.1) is 18.2 Å². The van der Waals surface area contributed by atoms with Gasteiger partial charge < -0.3 is 20.3 Å². The first-order chi connectivity index (χ1) is 17.2. The van der Waals surface area contributed by atoms with Crippen LogP contribution in [0.2, 0.25) is 0 Å². The smallest absolute Gasteiger partial charge is 0.250 e. The Morgan fingerprint density at radius 3 is 2.61 bits per heavy atom. The van der Waals surface area contributed by atoms with E-state index in [1.54, 1.807) is 29.8 Å². The van der Waals surface area contributed by atoms with E-state index in [1.807, 2.05) is 75.3 Å². The molecule has 2 N–H and O–H groups in total. The number of hydrogen-bond donors (Lipinski definition) is 1. The van der Waals surface area contributed by atoms with Gasteiger partial charge in [-0.25, -0.2) is 14.6 Å². The lowest BCUT2D eigenvalue weighted by molar-refractivity contribution is -0.113. The van der Waals surface area contributed by atoms with Crippen LogP contribution in [-0.2, 0) is 4.79 Å². The second kappa shape index (κ2) is 10.2. The van der Waals surface area contributed by atoms with Gasteiger partial charge in [0.25, 0.3) is 0 Å². The van der Waals surface area contributed by atoms with Crippen LogP contribution in [0.25, 0.3) is 28.0 Å². The van der Waals surface area contributed by atoms with E-state index in [-0.39, 0.29) is 5.91 Å². The molecule has 0 unspecified atom stereocenters. The van der Waals surface area contributed by atoms with E-state index < -0.39 is 0 Å². The normalized spacial score (nSPS) is 11.5. The van der Waals surface area contributed by atoms with E-state index in [0.717, 1.165) is 33.8 Å². The molecule has 0 aliphatic heterocycles. The summed E-state index contributed by atoms with van der Waals surface area (Å²) < 4.78 is 7.26. The monoisotopic (exact) mass is 485 g/mol. The lowest BCUT2D eigenvalue weighted by Gasteiger charge is -2.18. The Kier molecular flexibility index (Phi) is 7.03. The van der Waals surface area contributed by atoms with Crippen molar-refractivity contribution in [3.63, 3.8) is 0 Å². The third kappa shape index (κ3) is 4.92. The zero-order valence-corrected chi connectivity index (χ0v) is 21.5. The van der Waals surface area contributed by atoms with Crippen LogP contribution < -0.4 is 15.4 Å². The highest BCUT2D eigenvalue weighted by atomic mass is 16.5. The van der Waals surface area contributed by atoms with Gasteiger partial charge in [0.1, 0.15) is 23.6 Å². The summed E-state index contributed by atoms with van der Waals surface area (Å²) in [5.74, 6) is 0.982. The summed E-state index contributed by atoms with van der Waals surface area (Å²) >= 11 is 0. The van der Waals surface area contributed by atoms with Gasteiger partial charge in [0.15, 0.2) is 5.65 Å². The Labute approximate surface area is 210 Å². The molecule has 2 heterocycles. The molecule has 9 nitrogen and oxygen atoms in total. The zero-order chi connectivity index (χ0) is 26.0. The summed E-state index contributed by atoms with van der Waals surface area (Å²) in [7, 11) is 7.31. The van der Waals surface area contributed by atoms with E-state index in [9.17, 15) is 4.79 Å². The summed E-state index contributed by atoms with van der Waals surface area (Å²) in [5.41, 5.74) is 11.9. The maximum atomic E-state index is 12.8. The molecule has 1 amide bonds. The molecule has 186 valence electrons. The lowest BCUT2D eigenvalue weighted by Crippen LogP contribution is -2.24. The van der Waals surface area contributed by atoms with Crippen molar-refractivity contribution in [3.8, 4) is 22.7 Å². The van der Waals surface area contributed by atoms with Gasteiger partial charge in [0, 0.05) is 30.9 Å². The van der Waals surface area contributed by atoms with Gasteiger partial charge in [-0.2, -0.15) is 5.10 Å². The molecule has 0 aliphatic rings. The lowest BCUT2D eigenvalue weighted by atomic mass is 10.1. The first-order valence-electron chi connectivity index (χ1n) is 11.5. The van der Waals surface area contributed by atoms with Gasteiger partial charge in [-0.3, -0.25) is 4.79 Å². The molecule has 2 aromatic heterocycles. The molecule has 4 rings (SSSR count). The van der Waals surface area contributed by atoms with Gasteiger partial charge in [-0.15, -0.1) is 0 Å². The second-order valence-electron chi connectivity index (χ2n) is 8.99. The number of rotatable bonds is 7. The van der Waals surface area contributed by atoms with Crippen LogP contribution in [-0.4, -0.2) is 65.4 Å². The predicted octanol–water partition coefficient (Wildman–Crippen LogP) is 3.77. The van der Waals surface area contributed by atoms with E-state index in [2.05, 4.69) is 9.97 Å². The Balaban J connectivity index is 1.83. The van der Waals surface area contributed by atoms with Crippen LogP contribution in [0.15, 0.2) is 54.9 Å². The number of nitrogens with two attached hydrogens (primary N) is 1. The molecule has 4 aromatic rings. The largest absolute Gasteiger partial charge is 0.496 e. The maximum absolute atomic E-state index is 12.8. The number of carbonyl (C=O) groups excluding carboxylic acids is 1. The van der Waals surface area contributed by atoms with Crippen molar-refractivity contribution in [2.24, 2.45) is 0 Å². The van der Waals surface area contributed by atoms with Crippen molar-refractivity contribution < 1.29 is 9.53 Å². The Bertz CT molecular complexity index is 1460. The van der Waals surface area contributed by atoms with Gasteiger partial charge in [-0.05, 0) is 63.3 Å². The third-order valence-corrected chi connectivity index (χ3v) is 5.92. The molecule has 0 radical (unpaired) electrons. The Morgan fingerprint density at radius 2 is 1.89 bits per heavy atom. The Hall–Kier alpha value is -4.24. The van der Waals surface area contributed by atoms with Gasteiger partial charge in [-0.1, -0.05) is 18.2 Å². The number of carbonyl (C=O) groups is 1. The fourth-order valence-electron chi connectivity index (χ4n) is 3.99. The molecule has 0 atom stereocenters. The second-order valence-corrected chi connectivity index (χ2v) is 8.99. The standard InChI is InChI=1S/C27H31N7O2/c1-17-12-20(33(5)23(35)8-7-11-32(3)4)15-21(13-17)34-27-24(26(28)29-16-30-27)25(31-34)19-10-9-18(2)22(14-19)36-6/h7-10,12-16H,11H2,1-6H3,(H2,28,29,30). The van der Waals surface area contributed by atoms with Crippen LogP contribution in [0.3, 0.4) is 0 Å². The molecule has 0 spiro atoms. The number of nitrogen functional groups attached to an aromatic ring is 1. The number of fused-ring (bicyclic) bond motifs is 1. The third-order valence-electron chi connectivity index (χ3n) is 5.92. The van der Waals surface area contributed by atoms with Crippen LogP contribution in [0.4, 0.5) is 11.5 Å². The van der Waals surface area contributed by atoms with Crippen LogP contribution in [0, 0.1) is 13.8 Å². The predicted molar refractivity (Wildman–Crippen MR) is 144 cm³/mol. The van der Waals surface area contributed by atoms with Crippen LogP contribution in [0.1, 0.15) is 11.1 Å². The quantitative estimate of drug-likeness (QED) is 0.398. The van der Waals surface area contributed by atoms with Crippen LogP contribution in [0.5, 0.6) is 5.75 Å². The number of nitrogens with zero attached hydrogens (tertiary/aromatic N) is 6. The Morgan fingerprint density at radius 1 is 1.11 bits per heavy atom. The molecule has 36 heavy (non-hydrogen) atoms. The molecular weight excluding hydrogens is 454 g/mol. The molecule has 0 saturated heterocycles. The number of aryl methyl sites for hydroxylation is 2. The molecule has 0 aliphatic carbocycles. The van der Waals surface area contributed by atoms with E-state index >= 15 is 0 Å². The highest BCUT2D eigenvalue weighted by Crippen LogP contribution is 2.34. The van der Waals surface area contributed by atoms with Crippen molar-refractivity contribution in [1.29, 1.82) is 0 Å². The summed E-state index contributed by atoms with van der Waals surface area (Å²) in [6.45, 7) is 4.65. The summed E-state index contributed by atoms with van der Waals surface area (Å²) in [4.78, 5) is 25.1. The summed E-state index contributed by atoms with van der Waals surface area (Å²) in [5, 5.41) is 5.56. The van der Waals surface area contributed by atoms with E-state index in [4.69, 9.17) is 15.6 Å². The minimum Gasteiger partial charge on any atom is -0.496 e. The average molecular weight is 486 g/mol. The molecule has 0 saturated carbocycles. The van der Waals surface area contributed by atoms with E-state index in [1.165, 1.54) is 6.33 Å². The van der Waals surface area contributed by atoms with Crippen LogP contribution >= 0.6 is 0 Å². The molecule has 9 heteroatoms. The minimum atomic E-state index is -0.113. The first-order valence-corrected chi connectivity index (χ1v) is 11.5. The highest BCUT2D eigenvalue weighted by Gasteiger charge is 2.20. The summed E-state index contributed by atoms with van der Waals surface area (Å²) in [6, 6.07) is 11.8. The van der Waals surface area contributed by atoms with Crippen molar-refractivity contribution in [1.82, 2.24) is 24.6 Å². The molecule has 2 aromatic carbocycles. The number of ether oxygens (including phenoxy) is 1. The fourth-order valence-corrected chi connectivity index (χ4v) is 3.99. The number of aromatic nitrogens is 4. The number of hydrogen-bond acceptors (Lipinski definition) is 7. The molecular formula is C27H31N7O2. The topological polar surface area (TPSA) is 102 Å². The average Bonchev–Trinajstić information content (AvgIpc) is 3.24. The highest BCUT2D eigenvalue weighted by molar-refractivity contribution is 6.02. The SMILES string of the molecule is COc1cc(-c2nn(-c3cc(C)cc(N(C)C(=O)C=CCN(C)C)c3)c3ncnc(N)c23)ccc1C. The number of methoxy groups -OCH3 is 1. The minimum absolute atomic E-state index is 0.113.